The van der Waals surface area contributed by atoms with Crippen LogP contribution in [0, 0.1) is 0 Å². The minimum absolute atomic E-state index is 0.0266. The Balaban J connectivity index is 1.27. The molecule has 0 radical (unpaired) electrons. The number of nitrogens with one attached hydrogen (secondary N) is 1. The van der Waals surface area contributed by atoms with E-state index < -0.39 is 0 Å². The lowest BCUT2D eigenvalue weighted by Gasteiger charge is -2.35. The van der Waals surface area contributed by atoms with E-state index in [9.17, 15) is 9.59 Å². The molecule has 3 aromatic rings. The molecule has 1 aromatic carbocycles. The molecule has 4 rings (SSSR count). The Morgan fingerprint density at radius 1 is 1.00 bits per heavy atom. The summed E-state index contributed by atoms with van der Waals surface area (Å²) in [5, 5.41) is 3.95. The molecule has 0 bridgehead atoms. The molecule has 0 aliphatic carbocycles. The Morgan fingerprint density at radius 3 is 2.59 bits per heavy atom. The van der Waals surface area contributed by atoms with Gasteiger partial charge in [-0.15, -0.1) is 0 Å². The number of fused-ring (bicyclic) bond motifs is 1. The van der Waals surface area contributed by atoms with Gasteiger partial charge in [-0.3, -0.25) is 9.59 Å². The van der Waals surface area contributed by atoms with Crippen LogP contribution in [0.25, 0.3) is 10.9 Å². The van der Waals surface area contributed by atoms with Gasteiger partial charge in [0, 0.05) is 69.4 Å². The van der Waals surface area contributed by atoms with Gasteiger partial charge >= 0.3 is 0 Å². The summed E-state index contributed by atoms with van der Waals surface area (Å²) in [6.07, 6.45) is 4.15. The van der Waals surface area contributed by atoms with Crippen molar-refractivity contribution in [2.24, 2.45) is 7.05 Å². The smallest absolute Gasteiger partial charge is 0.224 e. The molecular weight excluding hydrogens is 366 g/mol. The maximum absolute atomic E-state index is 12.5. The van der Waals surface area contributed by atoms with Crippen LogP contribution in [0.4, 0.5) is 11.5 Å². The van der Waals surface area contributed by atoms with E-state index >= 15 is 0 Å². The van der Waals surface area contributed by atoms with Crippen molar-refractivity contribution in [1.29, 1.82) is 0 Å². The quantitative estimate of drug-likeness (QED) is 0.726. The van der Waals surface area contributed by atoms with E-state index in [4.69, 9.17) is 0 Å². The average molecular weight is 391 g/mol. The van der Waals surface area contributed by atoms with Crippen LogP contribution in [-0.2, 0) is 16.6 Å². The molecule has 0 spiro atoms. The first-order valence-electron chi connectivity index (χ1n) is 9.89. The number of amides is 2. The van der Waals surface area contributed by atoms with Gasteiger partial charge in [0.15, 0.2) is 0 Å². The number of benzene rings is 1. The Hall–Kier alpha value is -3.35. The molecule has 1 saturated heterocycles. The van der Waals surface area contributed by atoms with Crippen LogP contribution in [0.15, 0.2) is 54.9 Å². The molecule has 0 saturated carbocycles. The van der Waals surface area contributed by atoms with E-state index in [1.54, 1.807) is 6.20 Å². The highest BCUT2D eigenvalue weighted by Gasteiger charge is 2.22. The summed E-state index contributed by atoms with van der Waals surface area (Å²) in [5.74, 6) is 0.828. The number of hydrogen-bond acceptors (Lipinski definition) is 4. The molecule has 1 N–H and O–H groups in total. The lowest BCUT2D eigenvalue weighted by Crippen LogP contribution is -2.49. The summed E-state index contributed by atoms with van der Waals surface area (Å²) >= 11 is 0. The topological polar surface area (TPSA) is 70.5 Å². The summed E-state index contributed by atoms with van der Waals surface area (Å²) in [4.78, 5) is 33.3. The molecule has 29 heavy (non-hydrogen) atoms. The number of aromatic nitrogens is 2. The van der Waals surface area contributed by atoms with Crippen LogP contribution in [-0.4, -0.2) is 52.4 Å². The molecule has 2 aromatic heterocycles. The van der Waals surface area contributed by atoms with E-state index in [0.717, 1.165) is 35.5 Å². The first kappa shape index (κ1) is 19.0. The number of pyridine rings is 1. The maximum atomic E-state index is 12.5. The summed E-state index contributed by atoms with van der Waals surface area (Å²) in [5.41, 5.74) is 1.84. The van der Waals surface area contributed by atoms with Crippen LogP contribution < -0.4 is 10.2 Å². The van der Waals surface area contributed by atoms with Crippen molar-refractivity contribution in [2.75, 3.05) is 36.4 Å². The summed E-state index contributed by atoms with van der Waals surface area (Å²) < 4.78 is 2.01. The van der Waals surface area contributed by atoms with Crippen molar-refractivity contribution in [3.05, 3.63) is 54.9 Å². The van der Waals surface area contributed by atoms with Crippen molar-refractivity contribution < 1.29 is 9.59 Å². The largest absolute Gasteiger partial charge is 0.353 e. The standard InChI is InChI=1S/C22H25N5O2/c1-25-12-10-17-18(5-4-6-19(17)25)24-21(28)8-9-22(29)27-15-13-26(14-16-27)20-7-2-3-11-23-20/h2-7,10-12H,8-9,13-16H2,1H3,(H,24,28). The Kier molecular flexibility index (Phi) is 5.46. The second-order valence-electron chi connectivity index (χ2n) is 7.27. The zero-order valence-corrected chi connectivity index (χ0v) is 16.5. The Morgan fingerprint density at radius 2 is 1.83 bits per heavy atom. The van der Waals surface area contributed by atoms with Gasteiger partial charge in [0.1, 0.15) is 5.82 Å². The number of nitrogens with zero attached hydrogens (tertiary/aromatic N) is 4. The van der Waals surface area contributed by atoms with Crippen LogP contribution in [0.3, 0.4) is 0 Å². The zero-order valence-electron chi connectivity index (χ0n) is 16.5. The Labute approximate surface area is 169 Å². The Bertz CT molecular complexity index is 1010. The predicted octanol–water partition coefficient (Wildman–Crippen LogP) is 2.64. The molecule has 1 aliphatic rings. The van der Waals surface area contributed by atoms with Crippen LogP contribution in [0.2, 0.25) is 0 Å². The van der Waals surface area contributed by atoms with E-state index in [1.165, 1.54) is 0 Å². The van der Waals surface area contributed by atoms with Gasteiger partial charge in [-0.25, -0.2) is 4.98 Å². The third-order valence-corrected chi connectivity index (χ3v) is 5.37. The lowest BCUT2D eigenvalue weighted by molar-refractivity contribution is -0.133. The number of hydrogen-bond donors (Lipinski definition) is 1. The molecule has 7 heteroatoms. The third kappa shape index (κ3) is 4.23. The van der Waals surface area contributed by atoms with Crippen molar-refractivity contribution in [3.8, 4) is 0 Å². The van der Waals surface area contributed by atoms with Gasteiger partial charge in [0.2, 0.25) is 11.8 Å². The normalized spacial score (nSPS) is 14.2. The number of piperazine rings is 1. The highest BCUT2D eigenvalue weighted by atomic mass is 16.2. The summed E-state index contributed by atoms with van der Waals surface area (Å²) in [6.45, 7) is 2.82. The fourth-order valence-electron chi connectivity index (χ4n) is 3.73. The molecule has 1 fully saturated rings. The van der Waals surface area contributed by atoms with Gasteiger partial charge in [0.25, 0.3) is 0 Å². The monoisotopic (exact) mass is 391 g/mol. The van der Waals surface area contributed by atoms with E-state index in [1.807, 2.05) is 65.2 Å². The molecule has 150 valence electrons. The number of carbonyl (C=O) groups excluding carboxylic acids is 2. The average Bonchev–Trinajstić information content (AvgIpc) is 3.15. The molecule has 3 heterocycles. The molecule has 2 amide bonds. The van der Waals surface area contributed by atoms with Crippen molar-refractivity contribution in [2.45, 2.75) is 12.8 Å². The van der Waals surface area contributed by atoms with Crippen molar-refractivity contribution in [3.63, 3.8) is 0 Å². The fraction of sp³-hybridized carbons (Fsp3) is 0.318. The third-order valence-electron chi connectivity index (χ3n) is 5.37. The molecule has 7 nitrogen and oxygen atoms in total. The molecule has 0 unspecified atom stereocenters. The van der Waals surface area contributed by atoms with Crippen LogP contribution in [0.1, 0.15) is 12.8 Å². The van der Waals surface area contributed by atoms with Gasteiger partial charge in [-0.05, 0) is 30.3 Å². The fourth-order valence-corrected chi connectivity index (χ4v) is 3.73. The minimum Gasteiger partial charge on any atom is -0.353 e. The summed E-state index contributed by atoms with van der Waals surface area (Å²) in [7, 11) is 1.97. The van der Waals surface area contributed by atoms with E-state index in [-0.39, 0.29) is 24.7 Å². The summed E-state index contributed by atoms with van der Waals surface area (Å²) in [6, 6.07) is 13.6. The molecule has 0 atom stereocenters. The van der Waals surface area contributed by atoms with E-state index in [2.05, 4.69) is 15.2 Å². The maximum Gasteiger partial charge on any atom is 0.224 e. The highest BCUT2D eigenvalue weighted by molar-refractivity contribution is 6.02. The van der Waals surface area contributed by atoms with Gasteiger partial charge in [-0.2, -0.15) is 0 Å². The first-order valence-corrected chi connectivity index (χ1v) is 9.89. The van der Waals surface area contributed by atoms with Crippen LogP contribution in [0.5, 0.6) is 0 Å². The SMILES string of the molecule is Cn1ccc2c(NC(=O)CCC(=O)N3CCN(c4ccccn4)CC3)cccc21. The predicted molar refractivity (Wildman–Crippen MR) is 114 cm³/mol. The first-order chi connectivity index (χ1) is 14.1. The number of anilines is 2. The second-order valence-corrected chi connectivity index (χ2v) is 7.27. The van der Waals surface area contributed by atoms with E-state index in [0.29, 0.717) is 13.1 Å². The molecule has 1 aliphatic heterocycles. The van der Waals surface area contributed by atoms with Gasteiger partial charge in [-0.1, -0.05) is 12.1 Å². The zero-order chi connectivity index (χ0) is 20.2. The lowest BCUT2D eigenvalue weighted by atomic mass is 10.2. The highest BCUT2D eigenvalue weighted by Crippen LogP contribution is 2.24. The molecular formula is C22H25N5O2. The van der Waals surface area contributed by atoms with Crippen LogP contribution >= 0.6 is 0 Å². The van der Waals surface area contributed by atoms with Gasteiger partial charge in [0.05, 0.1) is 5.69 Å². The van der Waals surface area contributed by atoms with Gasteiger partial charge < -0.3 is 19.7 Å². The second kappa shape index (κ2) is 8.34. The van der Waals surface area contributed by atoms with Crippen molar-refractivity contribution >= 4 is 34.2 Å². The van der Waals surface area contributed by atoms with Crippen molar-refractivity contribution in [1.82, 2.24) is 14.5 Å². The number of aryl methyl sites for hydroxylation is 1. The number of carbonyl (C=O) groups is 2. The number of rotatable bonds is 5. The minimum atomic E-state index is -0.137.